The van der Waals surface area contributed by atoms with E-state index in [-0.39, 0.29) is 31.1 Å². The van der Waals surface area contributed by atoms with Crippen molar-refractivity contribution in [1.82, 2.24) is 0 Å². The van der Waals surface area contributed by atoms with Crippen LogP contribution in [-0.2, 0) is 28.6 Å². The van der Waals surface area contributed by atoms with E-state index < -0.39 is 6.10 Å². The Morgan fingerprint density at radius 2 is 0.760 bits per heavy atom. The molecular formula is C44H84O6. The molecule has 0 fully saturated rings. The van der Waals surface area contributed by atoms with Gasteiger partial charge >= 0.3 is 17.9 Å². The number of ether oxygens (including phenoxy) is 3. The maximum atomic E-state index is 12.6. The number of hydrogen-bond donors (Lipinski definition) is 0. The molecule has 0 bridgehead atoms. The molecule has 0 heterocycles. The molecule has 0 aromatic carbocycles. The monoisotopic (exact) mass is 709 g/mol. The van der Waals surface area contributed by atoms with Crippen molar-refractivity contribution >= 4 is 17.9 Å². The van der Waals surface area contributed by atoms with Crippen LogP contribution in [0, 0.1) is 11.8 Å². The summed E-state index contributed by atoms with van der Waals surface area (Å²) < 4.78 is 16.7. The van der Waals surface area contributed by atoms with Gasteiger partial charge in [0.25, 0.3) is 0 Å². The van der Waals surface area contributed by atoms with Crippen LogP contribution >= 0.6 is 0 Å². The van der Waals surface area contributed by atoms with Crippen LogP contribution < -0.4 is 0 Å². The summed E-state index contributed by atoms with van der Waals surface area (Å²) in [6.07, 6.45) is 33.7. The maximum Gasteiger partial charge on any atom is 0.306 e. The largest absolute Gasteiger partial charge is 0.462 e. The Morgan fingerprint density at radius 1 is 0.420 bits per heavy atom. The molecule has 0 amide bonds. The number of carbonyl (C=O) groups excluding carboxylic acids is 3. The first-order valence-electron chi connectivity index (χ1n) is 21.8. The smallest absolute Gasteiger partial charge is 0.306 e. The zero-order chi connectivity index (χ0) is 36.9. The molecule has 0 saturated heterocycles. The van der Waals surface area contributed by atoms with Crippen molar-refractivity contribution in [2.45, 2.75) is 240 Å². The number of rotatable bonds is 38. The van der Waals surface area contributed by atoms with Crippen LogP contribution in [0.5, 0.6) is 0 Å². The van der Waals surface area contributed by atoms with Crippen molar-refractivity contribution in [1.29, 1.82) is 0 Å². The normalized spacial score (nSPS) is 12.6. The average Bonchev–Trinajstić information content (AvgIpc) is 3.09. The number of carbonyl (C=O) groups is 3. The molecule has 0 spiro atoms. The summed E-state index contributed by atoms with van der Waals surface area (Å²) in [5.74, 6) is 0.779. The van der Waals surface area contributed by atoms with Gasteiger partial charge in [-0.2, -0.15) is 0 Å². The van der Waals surface area contributed by atoms with E-state index in [2.05, 4.69) is 34.6 Å². The molecule has 0 aliphatic rings. The van der Waals surface area contributed by atoms with Gasteiger partial charge in [0.2, 0.25) is 0 Å². The van der Waals surface area contributed by atoms with E-state index in [1.165, 1.54) is 122 Å². The Bertz CT molecular complexity index is 766. The summed E-state index contributed by atoms with van der Waals surface area (Å²) in [6.45, 7) is 11.3. The molecule has 6 nitrogen and oxygen atoms in total. The highest BCUT2D eigenvalue weighted by Gasteiger charge is 2.19. The Morgan fingerprint density at radius 3 is 1.14 bits per heavy atom. The first-order valence-corrected chi connectivity index (χ1v) is 21.8. The van der Waals surface area contributed by atoms with Gasteiger partial charge in [-0.3, -0.25) is 14.4 Å². The average molecular weight is 709 g/mol. The fourth-order valence-corrected chi connectivity index (χ4v) is 6.37. The van der Waals surface area contributed by atoms with E-state index in [0.717, 1.165) is 69.6 Å². The third kappa shape index (κ3) is 36.2. The van der Waals surface area contributed by atoms with E-state index >= 15 is 0 Å². The first-order chi connectivity index (χ1) is 24.3. The van der Waals surface area contributed by atoms with Gasteiger partial charge in [-0.25, -0.2) is 0 Å². The minimum atomic E-state index is -0.759. The maximum absolute atomic E-state index is 12.6. The van der Waals surface area contributed by atoms with Crippen LogP contribution in [0.1, 0.15) is 234 Å². The van der Waals surface area contributed by atoms with Gasteiger partial charge in [-0.15, -0.1) is 0 Å². The van der Waals surface area contributed by atoms with Gasteiger partial charge in [-0.1, -0.05) is 195 Å². The predicted octanol–water partition coefficient (Wildman–Crippen LogP) is 13.4. The van der Waals surface area contributed by atoms with Gasteiger partial charge in [0, 0.05) is 19.3 Å². The number of hydrogen-bond acceptors (Lipinski definition) is 6. The lowest BCUT2D eigenvalue weighted by atomic mass is 9.99. The zero-order valence-corrected chi connectivity index (χ0v) is 34.0. The van der Waals surface area contributed by atoms with Gasteiger partial charge in [0.15, 0.2) is 6.10 Å². The Labute approximate surface area is 310 Å². The molecule has 0 N–H and O–H groups in total. The molecular weight excluding hydrogens is 624 g/mol. The van der Waals surface area contributed by atoms with Crippen LogP contribution in [0.15, 0.2) is 0 Å². The first kappa shape index (κ1) is 48.4. The summed E-state index contributed by atoms with van der Waals surface area (Å²) in [6, 6.07) is 0. The molecule has 1 unspecified atom stereocenters. The lowest BCUT2D eigenvalue weighted by Crippen LogP contribution is -2.30. The highest BCUT2D eigenvalue weighted by Crippen LogP contribution is 2.17. The lowest BCUT2D eigenvalue weighted by Gasteiger charge is -2.18. The molecule has 2 atom stereocenters. The molecule has 0 aromatic rings. The van der Waals surface area contributed by atoms with Crippen LogP contribution in [0.2, 0.25) is 0 Å². The molecule has 50 heavy (non-hydrogen) atoms. The minimum Gasteiger partial charge on any atom is -0.462 e. The van der Waals surface area contributed by atoms with E-state index in [0.29, 0.717) is 19.3 Å². The van der Waals surface area contributed by atoms with Crippen molar-refractivity contribution in [3.63, 3.8) is 0 Å². The molecule has 0 aromatic heterocycles. The quantitative estimate of drug-likeness (QED) is 0.0361. The Kier molecular flexibility index (Phi) is 36.0. The van der Waals surface area contributed by atoms with Crippen molar-refractivity contribution < 1.29 is 28.6 Å². The van der Waals surface area contributed by atoms with E-state index in [1.54, 1.807) is 0 Å². The topological polar surface area (TPSA) is 78.9 Å². The Hall–Kier alpha value is -1.59. The minimum absolute atomic E-state index is 0.0660. The SMILES string of the molecule is CCCCCCCCCCCC(=O)O[C@@H](COC(=O)CCCCCCCCCCC(C)C)COC(=O)CCCCCCCCCCC(C)CC. The lowest BCUT2D eigenvalue weighted by molar-refractivity contribution is -0.167. The van der Waals surface area contributed by atoms with Crippen molar-refractivity contribution in [3.8, 4) is 0 Å². The standard InChI is InChI=1S/C44H84O6/c1-6-8-9-10-11-12-21-26-31-36-44(47)50-41(37-48-42(45)34-29-24-19-15-13-17-22-27-32-39(3)4)38-49-43(46)35-30-25-20-16-14-18-23-28-33-40(5)7-2/h39-41H,6-38H2,1-5H3/t40?,41-/m0/s1. The van der Waals surface area contributed by atoms with Gasteiger partial charge in [0.1, 0.15) is 13.2 Å². The Balaban J connectivity index is 4.34. The summed E-state index contributed by atoms with van der Waals surface area (Å²) in [5.41, 5.74) is 0. The van der Waals surface area contributed by atoms with Gasteiger partial charge in [0.05, 0.1) is 0 Å². The molecule has 0 aliphatic carbocycles. The summed E-state index contributed by atoms with van der Waals surface area (Å²) in [7, 11) is 0. The second kappa shape index (κ2) is 37.2. The molecule has 0 radical (unpaired) electrons. The molecule has 0 aliphatic heterocycles. The predicted molar refractivity (Wildman–Crippen MR) is 210 cm³/mol. The zero-order valence-electron chi connectivity index (χ0n) is 34.0. The molecule has 296 valence electrons. The second-order valence-electron chi connectivity index (χ2n) is 15.7. The highest BCUT2D eigenvalue weighted by atomic mass is 16.6. The van der Waals surface area contributed by atoms with Crippen molar-refractivity contribution in [2.24, 2.45) is 11.8 Å². The third-order valence-corrected chi connectivity index (χ3v) is 10.1. The highest BCUT2D eigenvalue weighted by molar-refractivity contribution is 5.71. The van der Waals surface area contributed by atoms with Crippen molar-refractivity contribution in [2.75, 3.05) is 13.2 Å². The van der Waals surface area contributed by atoms with Crippen LogP contribution in [0.25, 0.3) is 0 Å². The molecule has 0 rings (SSSR count). The van der Waals surface area contributed by atoms with Crippen LogP contribution in [-0.4, -0.2) is 37.2 Å². The molecule has 0 saturated carbocycles. The van der Waals surface area contributed by atoms with Crippen LogP contribution in [0.3, 0.4) is 0 Å². The summed E-state index contributed by atoms with van der Waals surface area (Å²) in [5, 5.41) is 0. The molecule has 6 heteroatoms. The number of esters is 3. The number of unbranched alkanes of at least 4 members (excludes halogenated alkanes) is 22. The summed E-state index contributed by atoms with van der Waals surface area (Å²) in [4.78, 5) is 37.6. The third-order valence-electron chi connectivity index (χ3n) is 10.1. The van der Waals surface area contributed by atoms with E-state index in [1.807, 2.05) is 0 Å². The van der Waals surface area contributed by atoms with Gasteiger partial charge < -0.3 is 14.2 Å². The second-order valence-corrected chi connectivity index (χ2v) is 15.7. The fraction of sp³-hybridized carbons (Fsp3) is 0.932. The van der Waals surface area contributed by atoms with Crippen molar-refractivity contribution in [3.05, 3.63) is 0 Å². The van der Waals surface area contributed by atoms with E-state index in [4.69, 9.17) is 14.2 Å². The fourth-order valence-electron chi connectivity index (χ4n) is 6.37. The van der Waals surface area contributed by atoms with Gasteiger partial charge in [-0.05, 0) is 31.1 Å². The van der Waals surface area contributed by atoms with E-state index in [9.17, 15) is 14.4 Å². The summed E-state index contributed by atoms with van der Waals surface area (Å²) >= 11 is 0. The van der Waals surface area contributed by atoms with Crippen LogP contribution in [0.4, 0.5) is 0 Å².